The van der Waals surface area contributed by atoms with Crippen molar-refractivity contribution in [3.05, 3.63) is 24.8 Å². The van der Waals surface area contributed by atoms with Gasteiger partial charge in [-0.1, -0.05) is 38.2 Å². The molecule has 0 aliphatic rings. The monoisotopic (exact) mass is 156 g/mol. The normalized spacial score (nSPS) is 10.5. The van der Waals surface area contributed by atoms with E-state index in [1.807, 2.05) is 23.9 Å². The smallest absolute Gasteiger partial charge is 0.0116 e. The van der Waals surface area contributed by atoms with Crippen LogP contribution in [0.15, 0.2) is 24.8 Å². The van der Waals surface area contributed by atoms with E-state index < -0.39 is 0 Å². The molecule has 0 atom stereocenters. The summed E-state index contributed by atoms with van der Waals surface area (Å²) in [6, 6.07) is 0. The lowest BCUT2D eigenvalue weighted by Gasteiger charge is -1.93. The highest BCUT2D eigenvalue weighted by molar-refractivity contribution is 7.99. The number of hydrogen-bond acceptors (Lipinski definition) is 1. The molecule has 0 saturated carbocycles. The highest BCUT2D eigenvalue weighted by Gasteiger charge is 1.82. The van der Waals surface area contributed by atoms with Gasteiger partial charge in [-0.3, -0.25) is 0 Å². The molecular formula is C9H16S. The van der Waals surface area contributed by atoms with Gasteiger partial charge in [0.1, 0.15) is 0 Å². The molecule has 0 N–H and O–H groups in total. The summed E-state index contributed by atoms with van der Waals surface area (Å²) in [6.07, 6.45) is 8.61. The maximum absolute atomic E-state index is 3.60. The Morgan fingerprint density at radius 1 is 1.50 bits per heavy atom. The summed E-state index contributed by atoms with van der Waals surface area (Å²) in [7, 11) is 0. The van der Waals surface area contributed by atoms with Gasteiger partial charge in [0, 0.05) is 5.75 Å². The Hall–Kier alpha value is -0.170. The lowest BCUT2D eigenvalue weighted by Crippen LogP contribution is -1.77. The van der Waals surface area contributed by atoms with Gasteiger partial charge in [-0.05, 0) is 12.2 Å². The molecular weight excluding hydrogens is 140 g/mol. The molecule has 0 aromatic carbocycles. The third-order valence-electron chi connectivity index (χ3n) is 1.13. The molecule has 0 radical (unpaired) electrons. The van der Waals surface area contributed by atoms with E-state index in [0.29, 0.717) is 0 Å². The summed E-state index contributed by atoms with van der Waals surface area (Å²) < 4.78 is 0. The minimum Gasteiger partial charge on any atom is -0.158 e. The predicted octanol–water partition coefficient (Wildman–Crippen LogP) is 3.26. The predicted molar refractivity (Wildman–Crippen MR) is 51.6 cm³/mol. The largest absolute Gasteiger partial charge is 0.158 e. The first-order valence-electron chi connectivity index (χ1n) is 3.77. The highest BCUT2D eigenvalue weighted by Crippen LogP contribution is 2.03. The highest BCUT2D eigenvalue weighted by atomic mass is 32.2. The van der Waals surface area contributed by atoms with Crippen LogP contribution in [0.25, 0.3) is 0 Å². The quantitative estimate of drug-likeness (QED) is 0.420. The molecule has 0 spiro atoms. The summed E-state index contributed by atoms with van der Waals surface area (Å²) in [4.78, 5) is 0. The van der Waals surface area contributed by atoms with Crippen molar-refractivity contribution in [3.8, 4) is 0 Å². The molecule has 0 heterocycles. The van der Waals surface area contributed by atoms with Crippen LogP contribution in [0.3, 0.4) is 0 Å². The first kappa shape index (κ1) is 9.83. The van der Waals surface area contributed by atoms with Gasteiger partial charge in [0.15, 0.2) is 0 Å². The molecule has 58 valence electrons. The fourth-order valence-corrected chi connectivity index (χ4v) is 1.46. The van der Waals surface area contributed by atoms with Crippen molar-refractivity contribution < 1.29 is 0 Å². The lowest BCUT2D eigenvalue weighted by atomic mass is 10.4. The number of allylic oxidation sites excluding steroid dienone is 2. The van der Waals surface area contributed by atoms with Gasteiger partial charge in [-0.15, -0.1) is 0 Å². The van der Waals surface area contributed by atoms with Crippen LogP contribution in [0.4, 0.5) is 0 Å². The van der Waals surface area contributed by atoms with Gasteiger partial charge in [0.2, 0.25) is 0 Å². The zero-order valence-corrected chi connectivity index (χ0v) is 7.49. The molecule has 0 aromatic rings. The fourth-order valence-electron chi connectivity index (χ4n) is 0.550. The van der Waals surface area contributed by atoms with Crippen molar-refractivity contribution in [2.45, 2.75) is 19.8 Å². The second-order valence-corrected chi connectivity index (χ2v) is 3.24. The number of unbranched alkanes of at least 4 members (excludes halogenated alkanes) is 1. The summed E-state index contributed by atoms with van der Waals surface area (Å²) in [5.41, 5.74) is 0. The van der Waals surface area contributed by atoms with E-state index in [4.69, 9.17) is 0 Å². The average molecular weight is 156 g/mol. The molecule has 0 aromatic heterocycles. The Balaban J connectivity index is 2.90. The molecule has 0 amide bonds. The van der Waals surface area contributed by atoms with E-state index in [1.54, 1.807) is 0 Å². The molecule has 0 bridgehead atoms. The topological polar surface area (TPSA) is 0 Å². The summed E-state index contributed by atoms with van der Waals surface area (Å²) in [5, 5.41) is 0. The molecule has 0 aliphatic carbocycles. The van der Waals surface area contributed by atoms with E-state index in [0.717, 1.165) is 5.75 Å². The van der Waals surface area contributed by atoms with Crippen LogP contribution in [0.5, 0.6) is 0 Å². The van der Waals surface area contributed by atoms with Crippen molar-refractivity contribution in [3.63, 3.8) is 0 Å². The zero-order chi connectivity index (χ0) is 7.66. The summed E-state index contributed by atoms with van der Waals surface area (Å²) in [5.74, 6) is 2.42. The standard InChI is InChI=1S/C9H16S/c1-3-5-7-9-10-8-6-4-2/h3,5,7H,1,4,6,8-9H2,2H3. The minimum absolute atomic E-state index is 1.13. The Kier molecular flexibility index (Phi) is 8.68. The molecule has 0 unspecified atom stereocenters. The molecule has 0 rings (SSSR count). The lowest BCUT2D eigenvalue weighted by molar-refractivity contribution is 0.897. The van der Waals surface area contributed by atoms with E-state index in [2.05, 4.69) is 19.6 Å². The van der Waals surface area contributed by atoms with Gasteiger partial charge >= 0.3 is 0 Å². The van der Waals surface area contributed by atoms with Gasteiger partial charge in [-0.25, -0.2) is 0 Å². The molecule has 0 fully saturated rings. The van der Waals surface area contributed by atoms with Crippen molar-refractivity contribution in [2.75, 3.05) is 11.5 Å². The summed E-state index contributed by atoms with van der Waals surface area (Å²) in [6.45, 7) is 5.82. The van der Waals surface area contributed by atoms with Gasteiger partial charge < -0.3 is 0 Å². The fraction of sp³-hybridized carbons (Fsp3) is 0.556. The van der Waals surface area contributed by atoms with Gasteiger partial charge in [0.25, 0.3) is 0 Å². The molecule has 0 nitrogen and oxygen atoms in total. The van der Waals surface area contributed by atoms with E-state index in [1.165, 1.54) is 18.6 Å². The maximum atomic E-state index is 3.60. The molecule has 0 saturated heterocycles. The summed E-state index contributed by atoms with van der Waals surface area (Å²) >= 11 is 1.98. The van der Waals surface area contributed by atoms with Crippen LogP contribution in [-0.4, -0.2) is 11.5 Å². The van der Waals surface area contributed by atoms with Gasteiger partial charge in [-0.2, -0.15) is 11.8 Å². The Labute approximate surface area is 68.4 Å². The number of hydrogen-bond donors (Lipinski definition) is 0. The zero-order valence-electron chi connectivity index (χ0n) is 6.68. The Morgan fingerprint density at radius 3 is 2.90 bits per heavy atom. The molecule has 0 aliphatic heterocycles. The third-order valence-corrected chi connectivity index (χ3v) is 2.13. The van der Waals surface area contributed by atoms with Gasteiger partial charge in [0.05, 0.1) is 0 Å². The van der Waals surface area contributed by atoms with E-state index in [9.17, 15) is 0 Å². The van der Waals surface area contributed by atoms with Crippen LogP contribution in [0.1, 0.15) is 19.8 Å². The third kappa shape index (κ3) is 7.83. The van der Waals surface area contributed by atoms with Crippen molar-refractivity contribution in [1.29, 1.82) is 0 Å². The second-order valence-electron chi connectivity index (χ2n) is 2.09. The SMILES string of the molecule is C=CC=CCSCCCC. The van der Waals surface area contributed by atoms with Crippen LogP contribution < -0.4 is 0 Å². The Bertz CT molecular complexity index is 94.9. The van der Waals surface area contributed by atoms with Crippen LogP contribution in [0.2, 0.25) is 0 Å². The molecule has 1 heteroatoms. The van der Waals surface area contributed by atoms with Crippen molar-refractivity contribution in [1.82, 2.24) is 0 Å². The van der Waals surface area contributed by atoms with Crippen molar-refractivity contribution >= 4 is 11.8 Å². The maximum Gasteiger partial charge on any atom is 0.0116 e. The van der Waals surface area contributed by atoms with Crippen LogP contribution >= 0.6 is 11.8 Å². The number of rotatable bonds is 6. The van der Waals surface area contributed by atoms with Crippen molar-refractivity contribution in [2.24, 2.45) is 0 Å². The Morgan fingerprint density at radius 2 is 2.30 bits per heavy atom. The minimum atomic E-state index is 1.13. The first-order valence-corrected chi connectivity index (χ1v) is 4.92. The second kappa shape index (κ2) is 8.83. The first-order chi connectivity index (χ1) is 4.91. The number of thioether (sulfide) groups is 1. The van der Waals surface area contributed by atoms with E-state index in [-0.39, 0.29) is 0 Å². The molecule has 10 heavy (non-hydrogen) atoms. The van der Waals surface area contributed by atoms with Crippen LogP contribution in [0, 0.1) is 0 Å². The average Bonchev–Trinajstić information content (AvgIpc) is 1.97. The van der Waals surface area contributed by atoms with Crippen LogP contribution in [-0.2, 0) is 0 Å². The van der Waals surface area contributed by atoms with E-state index >= 15 is 0 Å².